The van der Waals surface area contributed by atoms with Gasteiger partial charge in [-0.05, 0) is 26.0 Å². The molecular weight excluding hydrogens is 218 g/mol. The Hall–Kier alpha value is -1.59. The number of rotatable bonds is 4. The molecule has 0 radical (unpaired) electrons. The Bertz CT molecular complexity index is 407. The van der Waals surface area contributed by atoms with Crippen molar-refractivity contribution in [3.8, 4) is 0 Å². The van der Waals surface area contributed by atoms with Gasteiger partial charge in [0.2, 0.25) is 0 Å². The van der Waals surface area contributed by atoms with Crippen LogP contribution in [0.25, 0.3) is 0 Å². The zero-order valence-electron chi connectivity index (χ0n) is 10.4. The van der Waals surface area contributed by atoms with Gasteiger partial charge >= 0.3 is 0 Å². The lowest BCUT2D eigenvalue weighted by atomic mass is 10.1. The van der Waals surface area contributed by atoms with E-state index in [0.29, 0.717) is 11.3 Å². The first-order valence-electron chi connectivity index (χ1n) is 5.46. The van der Waals surface area contributed by atoms with Crippen LogP contribution in [-0.2, 0) is 0 Å². The van der Waals surface area contributed by atoms with Gasteiger partial charge in [-0.3, -0.25) is 10.6 Å². The number of aryl methyl sites for hydroxylation is 1. The third-order valence-electron chi connectivity index (χ3n) is 2.81. The lowest BCUT2D eigenvalue weighted by Crippen LogP contribution is -2.37. The second kappa shape index (κ2) is 5.65. The zero-order chi connectivity index (χ0) is 13.0. The maximum Gasteiger partial charge on any atom is 0.256 e. The second-order valence-corrected chi connectivity index (χ2v) is 4.14. The molecule has 1 unspecified atom stereocenters. The number of nitrogen functional groups attached to an aromatic ring is 1. The summed E-state index contributed by atoms with van der Waals surface area (Å²) in [6.45, 7) is 3.62. The Morgan fingerprint density at radius 3 is 2.76 bits per heavy atom. The summed E-state index contributed by atoms with van der Waals surface area (Å²) in [7, 11) is 1.66. The number of carbonyl (C=O) groups excluding carboxylic acids is 1. The van der Waals surface area contributed by atoms with Crippen molar-refractivity contribution in [3.05, 3.63) is 29.3 Å². The van der Waals surface area contributed by atoms with Crippen LogP contribution >= 0.6 is 0 Å². The molecule has 0 heterocycles. The number of hydrogen-bond donors (Lipinski definition) is 3. The summed E-state index contributed by atoms with van der Waals surface area (Å²) in [4.78, 5) is 13.7. The summed E-state index contributed by atoms with van der Waals surface area (Å²) in [5.74, 6) is 5.21. The number of benzene rings is 1. The Balaban J connectivity index is 3.06. The molecule has 4 N–H and O–H groups in total. The van der Waals surface area contributed by atoms with Gasteiger partial charge in [-0.2, -0.15) is 0 Å². The average Bonchev–Trinajstić information content (AvgIpc) is 2.35. The van der Waals surface area contributed by atoms with Crippen molar-refractivity contribution in [3.63, 3.8) is 0 Å². The maximum atomic E-state index is 12.2. The Labute approximate surface area is 101 Å². The molecule has 0 aliphatic rings. The van der Waals surface area contributed by atoms with Crippen molar-refractivity contribution >= 4 is 11.6 Å². The fourth-order valence-corrected chi connectivity index (χ4v) is 1.47. The summed E-state index contributed by atoms with van der Waals surface area (Å²) in [6, 6.07) is 5.19. The summed E-state index contributed by atoms with van der Waals surface area (Å²) < 4.78 is 0. The van der Waals surface area contributed by atoms with Gasteiger partial charge in [0, 0.05) is 7.05 Å². The molecule has 0 spiro atoms. The molecule has 1 rings (SSSR count). The van der Waals surface area contributed by atoms with E-state index < -0.39 is 0 Å². The van der Waals surface area contributed by atoms with Crippen molar-refractivity contribution < 1.29 is 9.90 Å². The van der Waals surface area contributed by atoms with Crippen LogP contribution in [0.1, 0.15) is 22.8 Å². The zero-order valence-corrected chi connectivity index (χ0v) is 10.4. The highest BCUT2D eigenvalue weighted by molar-refractivity contribution is 5.99. The fraction of sp³-hybridized carbons (Fsp3) is 0.417. The lowest BCUT2D eigenvalue weighted by Gasteiger charge is -2.24. The van der Waals surface area contributed by atoms with Crippen LogP contribution in [0.15, 0.2) is 18.2 Å². The van der Waals surface area contributed by atoms with E-state index >= 15 is 0 Å². The molecule has 1 aromatic carbocycles. The van der Waals surface area contributed by atoms with Gasteiger partial charge in [0.25, 0.3) is 5.91 Å². The number of likely N-dealkylation sites (N-methyl/N-ethyl adjacent to an activating group) is 1. The minimum Gasteiger partial charge on any atom is -0.394 e. The van der Waals surface area contributed by atoms with Crippen LogP contribution in [0.4, 0.5) is 5.69 Å². The molecule has 0 aromatic heterocycles. The van der Waals surface area contributed by atoms with Crippen LogP contribution in [-0.4, -0.2) is 35.6 Å². The molecule has 0 bridgehead atoms. The fourth-order valence-electron chi connectivity index (χ4n) is 1.47. The van der Waals surface area contributed by atoms with Crippen molar-refractivity contribution in [1.29, 1.82) is 0 Å². The molecule has 17 heavy (non-hydrogen) atoms. The number of anilines is 1. The molecule has 94 valence electrons. The number of hydrogen-bond acceptors (Lipinski definition) is 4. The topological polar surface area (TPSA) is 78.6 Å². The highest BCUT2D eigenvalue weighted by atomic mass is 16.3. The molecule has 0 aliphatic heterocycles. The van der Waals surface area contributed by atoms with Crippen LogP contribution in [0, 0.1) is 6.92 Å². The minimum absolute atomic E-state index is 0.0700. The predicted molar refractivity (Wildman–Crippen MR) is 67.6 cm³/mol. The van der Waals surface area contributed by atoms with E-state index in [9.17, 15) is 4.79 Å². The number of aliphatic hydroxyl groups excluding tert-OH is 1. The van der Waals surface area contributed by atoms with E-state index in [2.05, 4.69) is 5.43 Å². The van der Waals surface area contributed by atoms with Crippen LogP contribution in [0.5, 0.6) is 0 Å². The van der Waals surface area contributed by atoms with E-state index in [0.717, 1.165) is 5.56 Å². The smallest absolute Gasteiger partial charge is 0.256 e. The Morgan fingerprint density at radius 2 is 2.24 bits per heavy atom. The Kier molecular flexibility index (Phi) is 4.48. The molecule has 0 saturated heterocycles. The summed E-state index contributed by atoms with van der Waals surface area (Å²) in [5, 5.41) is 9.05. The molecule has 1 aromatic rings. The highest BCUT2D eigenvalue weighted by Crippen LogP contribution is 2.18. The van der Waals surface area contributed by atoms with E-state index in [1.807, 2.05) is 13.0 Å². The van der Waals surface area contributed by atoms with Crippen molar-refractivity contribution in [2.75, 3.05) is 19.1 Å². The Morgan fingerprint density at radius 1 is 1.59 bits per heavy atom. The number of aliphatic hydroxyl groups is 1. The third-order valence-corrected chi connectivity index (χ3v) is 2.81. The third kappa shape index (κ3) is 2.95. The molecule has 0 saturated carbocycles. The number of nitrogens with one attached hydrogen (secondary N) is 1. The molecule has 0 aliphatic carbocycles. The van der Waals surface area contributed by atoms with E-state index in [-0.39, 0.29) is 18.6 Å². The van der Waals surface area contributed by atoms with Gasteiger partial charge in [-0.25, -0.2) is 0 Å². The number of nitrogens with zero attached hydrogens (tertiary/aromatic N) is 1. The normalized spacial score (nSPS) is 12.1. The van der Waals surface area contributed by atoms with Crippen LogP contribution < -0.4 is 11.3 Å². The average molecular weight is 237 g/mol. The number of hydrazine groups is 1. The largest absolute Gasteiger partial charge is 0.394 e. The number of nitrogens with two attached hydrogens (primary N) is 1. The maximum absolute atomic E-state index is 12.2. The lowest BCUT2D eigenvalue weighted by molar-refractivity contribution is 0.0683. The predicted octanol–water partition coefficient (Wildman–Crippen LogP) is 0.733. The highest BCUT2D eigenvalue weighted by Gasteiger charge is 2.19. The standard InChI is InChI=1S/C12H19N3O2/c1-8-4-5-11(14-13)10(6-8)12(17)15(3)9(2)7-16/h4-6,9,14,16H,7,13H2,1-3H3. The van der Waals surface area contributed by atoms with Crippen molar-refractivity contribution in [1.82, 2.24) is 4.90 Å². The monoisotopic (exact) mass is 237 g/mol. The van der Waals surface area contributed by atoms with Crippen LogP contribution in [0.3, 0.4) is 0 Å². The van der Waals surface area contributed by atoms with Gasteiger partial charge in [0.15, 0.2) is 0 Å². The molecule has 1 amide bonds. The number of amides is 1. The number of carbonyl (C=O) groups is 1. The molecule has 5 nitrogen and oxygen atoms in total. The molecule has 5 heteroatoms. The summed E-state index contributed by atoms with van der Waals surface area (Å²) in [5.41, 5.74) is 4.58. The van der Waals surface area contributed by atoms with E-state index in [1.54, 1.807) is 26.1 Å². The van der Waals surface area contributed by atoms with Crippen molar-refractivity contribution in [2.45, 2.75) is 19.9 Å². The first kappa shape index (κ1) is 13.5. The minimum atomic E-state index is -0.228. The molecular formula is C12H19N3O2. The molecule has 1 atom stereocenters. The van der Waals surface area contributed by atoms with Gasteiger partial charge in [-0.15, -0.1) is 0 Å². The van der Waals surface area contributed by atoms with Gasteiger partial charge in [0.1, 0.15) is 0 Å². The van der Waals surface area contributed by atoms with Gasteiger partial charge in [0.05, 0.1) is 23.9 Å². The summed E-state index contributed by atoms with van der Waals surface area (Å²) >= 11 is 0. The molecule has 0 fully saturated rings. The first-order chi connectivity index (χ1) is 8.01. The summed E-state index contributed by atoms with van der Waals surface area (Å²) in [6.07, 6.45) is 0. The second-order valence-electron chi connectivity index (χ2n) is 4.14. The first-order valence-corrected chi connectivity index (χ1v) is 5.46. The van der Waals surface area contributed by atoms with Crippen molar-refractivity contribution in [2.24, 2.45) is 5.84 Å². The van der Waals surface area contributed by atoms with Gasteiger partial charge in [-0.1, -0.05) is 11.6 Å². The van der Waals surface area contributed by atoms with Crippen LogP contribution in [0.2, 0.25) is 0 Å². The van der Waals surface area contributed by atoms with E-state index in [4.69, 9.17) is 10.9 Å². The van der Waals surface area contributed by atoms with Gasteiger partial charge < -0.3 is 15.4 Å². The quantitative estimate of drug-likeness (QED) is 0.533. The SMILES string of the molecule is Cc1ccc(NN)c(C(=O)N(C)C(C)CO)c1. The van der Waals surface area contributed by atoms with E-state index in [1.165, 1.54) is 4.90 Å².